The predicted molar refractivity (Wildman–Crippen MR) is 79.2 cm³/mol. The molecule has 0 aliphatic carbocycles. The Morgan fingerprint density at radius 3 is 2.95 bits per heavy atom. The van der Waals surface area contributed by atoms with Gasteiger partial charge in [-0.2, -0.15) is 0 Å². The Balaban J connectivity index is 2.13. The molecule has 0 saturated carbocycles. The highest BCUT2D eigenvalue weighted by atomic mass is 35.5. The highest BCUT2D eigenvalue weighted by Gasteiger charge is 2.27. The number of carbonyl (C=O) groups is 1. The van der Waals surface area contributed by atoms with Crippen LogP contribution in [0.3, 0.4) is 0 Å². The summed E-state index contributed by atoms with van der Waals surface area (Å²) < 4.78 is 5.16. The van der Waals surface area contributed by atoms with Gasteiger partial charge in [-0.05, 0) is 24.5 Å². The molecule has 110 valence electrons. The van der Waals surface area contributed by atoms with Crippen LogP contribution in [0, 0.1) is 5.92 Å². The van der Waals surface area contributed by atoms with Crippen LogP contribution in [0.5, 0.6) is 0 Å². The van der Waals surface area contributed by atoms with Crippen LogP contribution in [0.1, 0.15) is 42.2 Å². The lowest BCUT2D eigenvalue weighted by molar-refractivity contribution is 0.0775. The normalized spacial score (nSPS) is 18.9. The van der Waals surface area contributed by atoms with Crippen LogP contribution < -0.4 is 0 Å². The maximum atomic E-state index is 12.5. The molecule has 5 heteroatoms. The first-order chi connectivity index (χ1) is 9.51. The van der Waals surface area contributed by atoms with Crippen molar-refractivity contribution in [2.45, 2.75) is 26.2 Å². The minimum absolute atomic E-state index is 0.0369. The van der Waals surface area contributed by atoms with Crippen LogP contribution in [0.4, 0.5) is 0 Å². The number of nitrogens with zero attached hydrogens (tertiary/aromatic N) is 2. The van der Waals surface area contributed by atoms with Crippen molar-refractivity contribution in [1.82, 2.24) is 9.88 Å². The summed E-state index contributed by atoms with van der Waals surface area (Å²) in [6, 6.07) is 3.50. The quantitative estimate of drug-likeness (QED) is 0.802. The Bertz CT molecular complexity index is 491. The van der Waals surface area contributed by atoms with Crippen LogP contribution in [-0.4, -0.2) is 42.6 Å². The van der Waals surface area contributed by atoms with E-state index in [4.69, 9.17) is 16.3 Å². The third kappa shape index (κ3) is 3.49. The van der Waals surface area contributed by atoms with Crippen molar-refractivity contribution >= 4 is 17.5 Å². The largest absolute Gasteiger partial charge is 0.384 e. The third-order valence-electron chi connectivity index (χ3n) is 3.63. The molecule has 1 fully saturated rings. The van der Waals surface area contributed by atoms with Gasteiger partial charge in [-0.1, -0.05) is 25.4 Å². The minimum atomic E-state index is 0.0369. The van der Waals surface area contributed by atoms with Gasteiger partial charge >= 0.3 is 0 Å². The third-order valence-corrected chi connectivity index (χ3v) is 3.82. The Kier molecular flexibility index (Phi) is 5.00. The van der Waals surface area contributed by atoms with Gasteiger partial charge in [0.1, 0.15) is 5.15 Å². The number of hydrogen-bond acceptors (Lipinski definition) is 3. The average Bonchev–Trinajstić information content (AvgIpc) is 2.86. The van der Waals surface area contributed by atoms with Gasteiger partial charge in [0, 0.05) is 37.4 Å². The number of likely N-dealkylation sites (tertiary alicyclic amines) is 1. The van der Waals surface area contributed by atoms with Gasteiger partial charge in [0.2, 0.25) is 0 Å². The van der Waals surface area contributed by atoms with Crippen LogP contribution in [-0.2, 0) is 4.74 Å². The summed E-state index contributed by atoms with van der Waals surface area (Å²) in [5, 5.41) is 0.382. The number of ether oxygens (including phenoxy) is 1. The number of halogens is 1. The van der Waals surface area contributed by atoms with E-state index in [0.717, 1.165) is 25.2 Å². The van der Waals surface area contributed by atoms with Crippen LogP contribution in [0.25, 0.3) is 0 Å². The van der Waals surface area contributed by atoms with Crippen molar-refractivity contribution in [2.24, 2.45) is 5.92 Å². The monoisotopic (exact) mass is 296 g/mol. The Hall–Kier alpha value is -1.13. The summed E-state index contributed by atoms with van der Waals surface area (Å²) in [6.07, 6.45) is 0.995. The van der Waals surface area contributed by atoms with E-state index >= 15 is 0 Å². The number of pyridine rings is 1. The van der Waals surface area contributed by atoms with E-state index in [0.29, 0.717) is 23.2 Å². The molecule has 0 aromatic carbocycles. The summed E-state index contributed by atoms with van der Waals surface area (Å²) in [5.74, 6) is 0.723. The van der Waals surface area contributed by atoms with Gasteiger partial charge in [0.15, 0.2) is 0 Å². The van der Waals surface area contributed by atoms with Crippen molar-refractivity contribution in [2.75, 3.05) is 26.8 Å². The first kappa shape index (κ1) is 15.3. The van der Waals surface area contributed by atoms with Gasteiger partial charge in [0.25, 0.3) is 5.91 Å². The molecule has 4 nitrogen and oxygen atoms in total. The molecule has 1 aliphatic rings. The van der Waals surface area contributed by atoms with Crippen LogP contribution in [0.15, 0.2) is 12.1 Å². The van der Waals surface area contributed by atoms with E-state index in [2.05, 4.69) is 4.98 Å². The summed E-state index contributed by atoms with van der Waals surface area (Å²) >= 11 is 6.02. The number of carbonyl (C=O) groups excluding carboxylic acids is 1. The molecular formula is C15H21ClN2O2. The Labute approximate surface area is 125 Å². The standard InChI is InChI=1S/C15H21ClN2O2/c1-10(2)13-6-12(7-14(16)17-13)15(19)18-5-4-11(8-18)9-20-3/h6-7,10-11H,4-5,8-9H2,1-3H3. The lowest BCUT2D eigenvalue weighted by Crippen LogP contribution is -2.29. The predicted octanol–water partition coefficient (Wildman–Crippen LogP) is 2.97. The second-order valence-electron chi connectivity index (χ2n) is 5.62. The van der Waals surface area contributed by atoms with E-state index < -0.39 is 0 Å². The first-order valence-corrected chi connectivity index (χ1v) is 7.34. The molecule has 1 amide bonds. The molecule has 0 bridgehead atoms. The SMILES string of the molecule is COCC1CCN(C(=O)c2cc(Cl)nc(C(C)C)c2)C1. The maximum Gasteiger partial charge on any atom is 0.254 e. The summed E-state index contributed by atoms with van der Waals surface area (Å²) in [6.45, 7) is 6.32. The van der Waals surface area contributed by atoms with Crippen molar-refractivity contribution in [3.63, 3.8) is 0 Å². The van der Waals surface area contributed by atoms with Crippen LogP contribution >= 0.6 is 11.6 Å². The molecule has 1 aromatic heterocycles. The second-order valence-corrected chi connectivity index (χ2v) is 6.01. The molecule has 1 unspecified atom stereocenters. The number of aromatic nitrogens is 1. The fourth-order valence-corrected chi connectivity index (χ4v) is 2.72. The molecule has 2 heterocycles. The zero-order valence-electron chi connectivity index (χ0n) is 12.2. The topological polar surface area (TPSA) is 42.4 Å². The van der Waals surface area contributed by atoms with E-state index in [9.17, 15) is 4.79 Å². The smallest absolute Gasteiger partial charge is 0.254 e. The molecule has 0 N–H and O–H groups in total. The molecule has 1 saturated heterocycles. The zero-order chi connectivity index (χ0) is 14.7. The number of amides is 1. The van der Waals surface area contributed by atoms with E-state index in [1.54, 1.807) is 13.2 Å². The molecular weight excluding hydrogens is 276 g/mol. The number of rotatable bonds is 4. The van der Waals surface area contributed by atoms with Gasteiger partial charge in [-0.15, -0.1) is 0 Å². The molecule has 20 heavy (non-hydrogen) atoms. The Morgan fingerprint density at radius 2 is 2.30 bits per heavy atom. The van der Waals surface area contributed by atoms with Crippen LogP contribution in [0.2, 0.25) is 5.15 Å². The number of hydrogen-bond donors (Lipinski definition) is 0. The number of methoxy groups -OCH3 is 1. The molecule has 0 radical (unpaired) electrons. The van der Waals surface area contributed by atoms with Gasteiger partial charge in [0.05, 0.1) is 6.61 Å². The Morgan fingerprint density at radius 1 is 1.55 bits per heavy atom. The van der Waals surface area contributed by atoms with Gasteiger partial charge in [-0.3, -0.25) is 4.79 Å². The van der Waals surface area contributed by atoms with Crippen molar-refractivity contribution in [3.8, 4) is 0 Å². The van der Waals surface area contributed by atoms with Crippen molar-refractivity contribution in [3.05, 3.63) is 28.5 Å². The summed E-state index contributed by atoms with van der Waals surface area (Å²) in [7, 11) is 1.70. The maximum absolute atomic E-state index is 12.5. The molecule has 0 spiro atoms. The lowest BCUT2D eigenvalue weighted by atomic mass is 10.1. The zero-order valence-corrected chi connectivity index (χ0v) is 13.0. The molecule has 1 aliphatic heterocycles. The molecule has 1 aromatic rings. The first-order valence-electron chi connectivity index (χ1n) is 6.97. The second kappa shape index (κ2) is 6.55. The fourth-order valence-electron chi connectivity index (χ4n) is 2.51. The highest BCUT2D eigenvalue weighted by Crippen LogP contribution is 2.22. The van der Waals surface area contributed by atoms with Gasteiger partial charge < -0.3 is 9.64 Å². The van der Waals surface area contributed by atoms with E-state index in [-0.39, 0.29) is 11.8 Å². The van der Waals surface area contributed by atoms with Gasteiger partial charge in [-0.25, -0.2) is 4.98 Å². The molecule has 2 rings (SSSR count). The van der Waals surface area contributed by atoms with Crippen molar-refractivity contribution < 1.29 is 9.53 Å². The minimum Gasteiger partial charge on any atom is -0.384 e. The highest BCUT2D eigenvalue weighted by molar-refractivity contribution is 6.29. The van der Waals surface area contributed by atoms with E-state index in [1.807, 2.05) is 24.8 Å². The average molecular weight is 297 g/mol. The summed E-state index contributed by atoms with van der Waals surface area (Å²) in [5.41, 5.74) is 1.49. The fraction of sp³-hybridized carbons (Fsp3) is 0.600. The van der Waals surface area contributed by atoms with Crippen molar-refractivity contribution in [1.29, 1.82) is 0 Å². The lowest BCUT2D eigenvalue weighted by Gasteiger charge is -2.17. The molecule has 1 atom stereocenters. The van der Waals surface area contributed by atoms with E-state index in [1.165, 1.54) is 0 Å². The summed E-state index contributed by atoms with van der Waals surface area (Å²) in [4.78, 5) is 18.7.